The topological polar surface area (TPSA) is 74.6 Å². The third-order valence-electron chi connectivity index (χ3n) is 4.98. The zero-order chi connectivity index (χ0) is 18.6. The zero-order valence-corrected chi connectivity index (χ0v) is 15.6. The summed E-state index contributed by atoms with van der Waals surface area (Å²) in [6.45, 7) is 12.2. The van der Waals surface area contributed by atoms with Gasteiger partial charge in [0.15, 0.2) is 0 Å². The largest absolute Gasteiger partial charge is 0.478 e. The third-order valence-corrected chi connectivity index (χ3v) is 4.98. The van der Waals surface area contributed by atoms with Gasteiger partial charge < -0.3 is 10.2 Å². The van der Waals surface area contributed by atoms with Crippen molar-refractivity contribution in [2.45, 2.75) is 66.2 Å². The molecule has 4 nitrogen and oxygen atoms in total. The molecule has 0 spiro atoms. The van der Waals surface area contributed by atoms with Crippen LogP contribution in [0.25, 0.3) is 0 Å². The van der Waals surface area contributed by atoms with Gasteiger partial charge in [-0.15, -0.1) is 0 Å². The van der Waals surface area contributed by atoms with Crippen LogP contribution in [0, 0.1) is 11.8 Å². The smallest absolute Gasteiger partial charge is 0.336 e. The lowest BCUT2D eigenvalue weighted by atomic mass is 9.75. The second-order valence-electron chi connectivity index (χ2n) is 7.12. The van der Waals surface area contributed by atoms with Crippen LogP contribution in [0.15, 0.2) is 12.1 Å². The minimum absolute atomic E-state index is 0.0909. The minimum Gasteiger partial charge on any atom is -0.478 e. The van der Waals surface area contributed by atoms with E-state index in [4.69, 9.17) is 0 Å². The first kappa shape index (κ1) is 20.2. The van der Waals surface area contributed by atoms with Crippen molar-refractivity contribution < 1.29 is 19.8 Å². The van der Waals surface area contributed by atoms with Gasteiger partial charge in [0.05, 0.1) is 11.1 Å². The molecule has 0 bridgehead atoms. The first-order valence-corrected chi connectivity index (χ1v) is 8.80. The van der Waals surface area contributed by atoms with Crippen molar-refractivity contribution in [3.05, 3.63) is 34.4 Å². The highest BCUT2D eigenvalue weighted by molar-refractivity contribution is 5.98. The lowest BCUT2D eigenvalue weighted by molar-refractivity contribution is 0.0692. The molecule has 0 aliphatic heterocycles. The van der Waals surface area contributed by atoms with E-state index in [0.29, 0.717) is 12.0 Å². The molecule has 134 valence electrons. The van der Waals surface area contributed by atoms with Gasteiger partial charge in [-0.2, -0.15) is 0 Å². The molecule has 4 heteroatoms. The number of benzene rings is 1. The van der Waals surface area contributed by atoms with Crippen LogP contribution in [0.4, 0.5) is 0 Å². The van der Waals surface area contributed by atoms with Gasteiger partial charge in [0, 0.05) is 0 Å². The summed E-state index contributed by atoms with van der Waals surface area (Å²) >= 11 is 0. The van der Waals surface area contributed by atoms with Crippen molar-refractivity contribution in [2.24, 2.45) is 11.8 Å². The summed E-state index contributed by atoms with van der Waals surface area (Å²) in [6.07, 6.45) is 1.53. The van der Waals surface area contributed by atoms with Crippen LogP contribution in [0.2, 0.25) is 0 Å². The van der Waals surface area contributed by atoms with E-state index in [0.717, 1.165) is 12.0 Å². The lowest BCUT2D eigenvalue weighted by Crippen LogP contribution is -2.21. The van der Waals surface area contributed by atoms with E-state index in [9.17, 15) is 19.8 Å². The Morgan fingerprint density at radius 3 is 1.71 bits per heavy atom. The Morgan fingerprint density at radius 2 is 1.38 bits per heavy atom. The van der Waals surface area contributed by atoms with Gasteiger partial charge in [0.1, 0.15) is 0 Å². The summed E-state index contributed by atoms with van der Waals surface area (Å²) in [5.74, 6) is -1.62. The highest BCUT2D eigenvalue weighted by Crippen LogP contribution is 2.39. The average molecular weight is 334 g/mol. The number of carbonyl (C=O) groups is 2. The normalized spacial score (nSPS) is 14.0. The van der Waals surface area contributed by atoms with Gasteiger partial charge >= 0.3 is 11.9 Å². The van der Waals surface area contributed by atoms with E-state index in [1.54, 1.807) is 12.1 Å². The quantitative estimate of drug-likeness (QED) is 0.669. The molecule has 0 fully saturated rings. The molecule has 0 amide bonds. The molecule has 0 aromatic heterocycles. The number of aromatic carboxylic acids is 2. The van der Waals surface area contributed by atoms with E-state index in [1.165, 1.54) is 0 Å². The van der Waals surface area contributed by atoms with Gasteiger partial charge in [-0.3, -0.25) is 0 Å². The molecule has 1 aromatic carbocycles. The van der Waals surface area contributed by atoms with Crippen LogP contribution in [0.3, 0.4) is 0 Å². The van der Waals surface area contributed by atoms with Crippen molar-refractivity contribution in [3.8, 4) is 0 Å². The maximum Gasteiger partial charge on any atom is 0.336 e. The van der Waals surface area contributed by atoms with Crippen LogP contribution < -0.4 is 0 Å². The van der Waals surface area contributed by atoms with E-state index in [2.05, 4.69) is 13.8 Å². The standard InChI is InChI=1S/C20H30O4/c1-7-13(11(3)4)15-9-10-16(19(21)22)17(18(15)20(23)24)14(8-2)12(5)6/h9-14H,7-8H2,1-6H3,(H,21,22)(H,23,24). The molecule has 1 rings (SSSR count). The molecule has 1 aromatic rings. The Kier molecular flexibility index (Phi) is 7.00. The molecule has 0 radical (unpaired) electrons. The van der Waals surface area contributed by atoms with E-state index >= 15 is 0 Å². The fourth-order valence-electron chi connectivity index (χ4n) is 3.81. The first-order chi connectivity index (χ1) is 11.2. The van der Waals surface area contributed by atoms with E-state index in [-0.39, 0.29) is 34.8 Å². The van der Waals surface area contributed by atoms with Crippen molar-refractivity contribution >= 4 is 11.9 Å². The summed E-state index contributed by atoms with van der Waals surface area (Å²) < 4.78 is 0. The van der Waals surface area contributed by atoms with Crippen LogP contribution in [-0.4, -0.2) is 22.2 Å². The predicted molar refractivity (Wildman–Crippen MR) is 96.1 cm³/mol. The number of carboxylic acid groups (broad SMARTS) is 2. The van der Waals surface area contributed by atoms with Gasteiger partial charge in [-0.1, -0.05) is 47.6 Å². The molecular weight excluding hydrogens is 304 g/mol. The van der Waals surface area contributed by atoms with Gasteiger partial charge in [-0.05, 0) is 53.7 Å². The Morgan fingerprint density at radius 1 is 0.875 bits per heavy atom. The second kappa shape index (κ2) is 8.32. The highest BCUT2D eigenvalue weighted by Gasteiger charge is 2.31. The molecule has 0 heterocycles. The molecule has 2 atom stereocenters. The van der Waals surface area contributed by atoms with E-state index in [1.807, 2.05) is 27.7 Å². The summed E-state index contributed by atoms with van der Waals surface area (Å²) in [5.41, 5.74) is 1.58. The Hall–Kier alpha value is -1.84. The maximum atomic E-state index is 12.1. The number of rotatable bonds is 8. The molecular formula is C20H30O4. The fraction of sp³-hybridized carbons (Fsp3) is 0.600. The molecule has 0 aliphatic rings. The lowest BCUT2D eigenvalue weighted by Gasteiger charge is -2.28. The Bertz CT molecular complexity index is 602. The Balaban J connectivity index is 3.85. The van der Waals surface area contributed by atoms with Crippen molar-refractivity contribution in [1.82, 2.24) is 0 Å². The van der Waals surface area contributed by atoms with Crippen molar-refractivity contribution in [1.29, 1.82) is 0 Å². The van der Waals surface area contributed by atoms with Crippen LogP contribution in [0.1, 0.15) is 98.1 Å². The van der Waals surface area contributed by atoms with Crippen LogP contribution in [-0.2, 0) is 0 Å². The molecule has 0 saturated carbocycles. The van der Waals surface area contributed by atoms with Crippen LogP contribution >= 0.6 is 0 Å². The monoisotopic (exact) mass is 334 g/mol. The van der Waals surface area contributed by atoms with Gasteiger partial charge in [0.25, 0.3) is 0 Å². The summed E-state index contributed by atoms with van der Waals surface area (Å²) in [4.78, 5) is 23.8. The van der Waals surface area contributed by atoms with Crippen molar-refractivity contribution in [2.75, 3.05) is 0 Å². The number of hydrogen-bond donors (Lipinski definition) is 2. The molecule has 0 saturated heterocycles. The highest BCUT2D eigenvalue weighted by atomic mass is 16.4. The maximum absolute atomic E-state index is 12.1. The fourth-order valence-corrected chi connectivity index (χ4v) is 3.81. The number of carboxylic acids is 2. The zero-order valence-electron chi connectivity index (χ0n) is 15.6. The third kappa shape index (κ3) is 3.97. The predicted octanol–water partition coefficient (Wildman–Crippen LogP) is 5.38. The second-order valence-corrected chi connectivity index (χ2v) is 7.12. The minimum atomic E-state index is -1.06. The molecule has 2 N–H and O–H groups in total. The van der Waals surface area contributed by atoms with Crippen LogP contribution in [0.5, 0.6) is 0 Å². The number of hydrogen-bond acceptors (Lipinski definition) is 2. The first-order valence-electron chi connectivity index (χ1n) is 8.80. The average Bonchev–Trinajstić information content (AvgIpc) is 2.47. The van der Waals surface area contributed by atoms with Crippen molar-refractivity contribution in [3.63, 3.8) is 0 Å². The SMILES string of the molecule is CCC(c1ccc(C(=O)O)c(C(CC)C(C)C)c1C(=O)O)C(C)C. The molecule has 0 aliphatic carbocycles. The molecule has 2 unspecified atom stereocenters. The molecule has 24 heavy (non-hydrogen) atoms. The summed E-state index contributed by atoms with van der Waals surface area (Å²) in [6, 6.07) is 3.30. The van der Waals surface area contributed by atoms with E-state index < -0.39 is 11.9 Å². The van der Waals surface area contributed by atoms with Gasteiger partial charge in [0.2, 0.25) is 0 Å². The summed E-state index contributed by atoms with van der Waals surface area (Å²) in [5, 5.41) is 19.5. The Labute approximate surface area is 144 Å². The van der Waals surface area contributed by atoms with Gasteiger partial charge in [-0.25, -0.2) is 9.59 Å². The summed E-state index contributed by atoms with van der Waals surface area (Å²) in [7, 11) is 0.